The van der Waals surface area contributed by atoms with E-state index in [9.17, 15) is 4.79 Å². The Morgan fingerprint density at radius 2 is 1.71 bits per heavy atom. The molecule has 0 saturated heterocycles. The molecule has 5 heteroatoms. The second kappa shape index (κ2) is 6.99. The van der Waals surface area contributed by atoms with E-state index in [1.54, 1.807) is 56.7 Å². The number of para-hydroxylation sites is 1. The van der Waals surface area contributed by atoms with Gasteiger partial charge in [-0.15, -0.1) is 0 Å². The van der Waals surface area contributed by atoms with Gasteiger partial charge < -0.3 is 14.2 Å². The van der Waals surface area contributed by atoms with E-state index in [1.807, 2.05) is 0 Å². The van der Waals surface area contributed by atoms with Crippen molar-refractivity contribution in [2.75, 3.05) is 14.2 Å². The molecular weight excluding hydrogens is 292 g/mol. The molecule has 2 aromatic carbocycles. The Kier molecular flexibility index (Phi) is 5.06. The fourth-order valence-corrected chi connectivity index (χ4v) is 2.02. The molecule has 0 radical (unpaired) electrons. The van der Waals surface area contributed by atoms with Crippen LogP contribution in [0.15, 0.2) is 42.5 Å². The van der Waals surface area contributed by atoms with Crippen molar-refractivity contribution in [3.05, 3.63) is 53.1 Å². The van der Waals surface area contributed by atoms with Crippen molar-refractivity contribution in [2.45, 2.75) is 6.42 Å². The number of esters is 1. The molecular formula is C16H15ClO4. The number of methoxy groups -OCH3 is 2. The molecule has 0 bridgehead atoms. The van der Waals surface area contributed by atoms with Crippen LogP contribution in [0.4, 0.5) is 0 Å². The highest BCUT2D eigenvalue weighted by Crippen LogP contribution is 2.28. The molecule has 0 amide bonds. The van der Waals surface area contributed by atoms with E-state index in [4.69, 9.17) is 25.8 Å². The molecule has 21 heavy (non-hydrogen) atoms. The number of ether oxygens (including phenoxy) is 3. The topological polar surface area (TPSA) is 44.8 Å². The number of carbonyl (C=O) groups is 1. The summed E-state index contributed by atoms with van der Waals surface area (Å²) in [6.45, 7) is 0. The summed E-state index contributed by atoms with van der Waals surface area (Å²) in [5.74, 6) is 1.14. The summed E-state index contributed by atoms with van der Waals surface area (Å²) in [6.07, 6.45) is 0.117. The third-order valence-corrected chi connectivity index (χ3v) is 3.17. The number of hydrogen-bond donors (Lipinski definition) is 0. The van der Waals surface area contributed by atoms with Gasteiger partial charge >= 0.3 is 5.97 Å². The van der Waals surface area contributed by atoms with Crippen LogP contribution in [0.5, 0.6) is 17.2 Å². The number of benzene rings is 2. The Morgan fingerprint density at radius 1 is 1.00 bits per heavy atom. The molecule has 0 fully saturated rings. The van der Waals surface area contributed by atoms with Crippen LogP contribution in [-0.2, 0) is 11.2 Å². The lowest BCUT2D eigenvalue weighted by Gasteiger charge is -2.10. The lowest BCUT2D eigenvalue weighted by atomic mass is 10.1. The average molecular weight is 307 g/mol. The summed E-state index contributed by atoms with van der Waals surface area (Å²) in [4.78, 5) is 11.9. The van der Waals surface area contributed by atoms with Gasteiger partial charge in [0.2, 0.25) is 0 Å². The zero-order valence-electron chi connectivity index (χ0n) is 11.8. The van der Waals surface area contributed by atoms with Crippen LogP contribution < -0.4 is 14.2 Å². The van der Waals surface area contributed by atoms with Crippen molar-refractivity contribution in [1.82, 2.24) is 0 Å². The van der Waals surface area contributed by atoms with Crippen molar-refractivity contribution in [2.24, 2.45) is 0 Å². The van der Waals surface area contributed by atoms with Gasteiger partial charge in [-0.1, -0.05) is 29.8 Å². The van der Waals surface area contributed by atoms with Crippen molar-refractivity contribution >= 4 is 17.6 Å². The highest BCUT2D eigenvalue weighted by molar-refractivity contribution is 6.32. The van der Waals surface area contributed by atoms with Gasteiger partial charge in [0.05, 0.1) is 25.7 Å². The van der Waals surface area contributed by atoms with E-state index in [1.165, 1.54) is 0 Å². The second-order valence-corrected chi connectivity index (χ2v) is 4.68. The van der Waals surface area contributed by atoms with Gasteiger partial charge in [-0.3, -0.25) is 4.79 Å². The molecule has 0 atom stereocenters. The highest BCUT2D eigenvalue weighted by atomic mass is 35.5. The Morgan fingerprint density at radius 3 is 2.38 bits per heavy atom. The first-order valence-corrected chi connectivity index (χ1v) is 6.68. The van der Waals surface area contributed by atoms with Crippen LogP contribution in [0.1, 0.15) is 5.56 Å². The lowest BCUT2D eigenvalue weighted by Crippen LogP contribution is -2.11. The van der Waals surface area contributed by atoms with Gasteiger partial charge in [-0.05, 0) is 29.8 Å². The highest BCUT2D eigenvalue weighted by Gasteiger charge is 2.11. The van der Waals surface area contributed by atoms with Gasteiger partial charge in [0.25, 0.3) is 0 Å². The maximum absolute atomic E-state index is 11.9. The van der Waals surface area contributed by atoms with E-state index in [0.29, 0.717) is 22.3 Å². The molecule has 0 spiro atoms. The van der Waals surface area contributed by atoms with Crippen molar-refractivity contribution in [3.63, 3.8) is 0 Å². The summed E-state index contributed by atoms with van der Waals surface area (Å²) >= 11 is 5.94. The maximum Gasteiger partial charge on any atom is 0.315 e. The first-order chi connectivity index (χ1) is 10.1. The Hall–Kier alpha value is -2.20. The van der Waals surface area contributed by atoms with Crippen LogP contribution in [0, 0.1) is 0 Å². The summed E-state index contributed by atoms with van der Waals surface area (Å²) in [6, 6.07) is 12.1. The minimum absolute atomic E-state index is 0.117. The molecule has 110 valence electrons. The lowest BCUT2D eigenvalue weighted by molar-refractivity contribution is -0.133. The fourth-order valence-electron chi connectivity index (χ4n) is 1.84. The van der Waals surface area contributed by atoms with Crippen molar-refractivity contribution in [3.8, 4) is 17.2 Å². The molecule has 0 saturated carbocycles. The van der Waals surface area contributed by atoms with Gasteiger partial charge in [-0.25, -0.2) is 0 Å². The Balaban J connectivity index is 2.08. The molecule has 0 aliphatic carbocycles. The Bertz CT molecular complexity index is 640. The molecule has 0 aliphatic rings. The number of carbonyl (C=O) groups excluding carboxylic acids is 1. The molecule has 0 aliphatic heterocycles. The molecule has 2 aromatic rings. The summed E-state index contributed by atoms with van der Waals surface area (Å²) in [5, 5.41) is 0.401. The standard InChI is InChI=1S/C16H15ClO4/c1-19-14-8-7-11(9-15(14)20-2)10-16(18)21-13-6-4-3-5-12(13)17/h3-9H,10H2,1-2H3. The predicted octanol–water partition coefficient (Wildman–Crippen LogP) is 3.51. The third-order valence-electron chi connectivity index (χ3n) is 2.86. The van der Waals surface area contributed by atoms with Gasteiger partial charge in [0.15, 0.2) is 11.5 Å². The predicted molar refractivity (Wildman–Crippen MR) is 80.3 cm³/mol. The zero-order chi connectivity index (χ0) is 15.2. The summed E-state index contributed by atoms with van der Waals surface area (Å²) in [5.41, 5.74) is 0.768. The van der Waals surface area contributed by atoms with E-state index in [2.05, 4.69) is 0 Å². The summed E-state index contributed by atoms with van der Waals surface area (Å²) in [7, 11) is 3.10. The molecule has 0 aromatic heterocycles. The molecule has 0 unspecified atom stereocenters. The first kappa shape index (κ1) is 15.2. The van der Waals surface area contributed by atoms with Crippen LogP contribution in [-0.4, -0.2) is 20.2 Å². The van der Waals surface area contributed by atoms with E-state index in [-0.39, 0.29) is 6.42 Å². The maximum atomic E-state index is 11.9. The number of halogens is 1. The second-order valence-electron chi connectivity index (χ2n) is 4.27. The van der Waals surface area contributed by atoms with Crippen LogP contribution in [0.25, 0.3) is 0 Å². The van der Waals surface area contributed by atoms with E-state index < -0.39 is 5.97 Å². The van der Waals surface area contributed by atoms with Crippen LogP contribution >= 0.6 is 11.6 Å². The van der Waals surface area contributed by atoms with E-state index >= 15 is 0 Å². The molecule has 0 N–H and O–H groups in total. The molecule has 0 heterocycles. The monoisotopic (exact) mass is 306 g/mol. The molecule has 2 rings (SSSR count). The number of rotatable bonds is 5. The van der Waals surface area contributed by atoms with E-state index in [0.717, 1.165) is 5.56 Å². The normalized spacial score (nSPS) is 10.0. The van der Waals surface area contributed by atoms with Gasteiger partial charge in [-0.2, -0.15) is 0 Å². The molecule has 4 nitrogen and oxygen atoms in total. The zero-order valence-corrected chi connectivity index (χ0v) is 12.5. The van der Waals surface area contributed by atoms with Crippen LogP contribution in [0.3, 0.4) is 0 Å². The Labute approximate surface area is 128 Å². The largest absolute Gasteiger partial charge is 0.493 e. The third kappa shape index (κ3) is 3.89. The first-order valence-electron chi connectivity index (χ1n) is 6.30. The van der Waals surface area contributed by atoms with Crippen molar-refractivity contribution in [1.29, 1.82) is 0 Å². The smallest absolute Gasteiger partial charge is 0.315 e. The minimum atomic E-state index is -0.393. The van der Waals surface area contributed by atoms with Gasteiger partial charge in [0, 0.05) is 0 Å². The van der Waals surface area contributed by atoms with Crippen molar-refractivity contribution < 1.29 is 19.0 Å². The van der Waals surface area contributed by atoms with Crippen LogP contribution in [0.2, 0.25) is 5.02 Å². The SMILES string of the molecule is COc1ccc(CC(=O)Oc2ccccc2Cl)cc1OC. The average Bonchev–Trinajstić information content (AvgIpc) is 2.49. The van der Waals surface area contributed by atoms with Gasteiger partial charge in [0.1, 0.15) is 5.75 Å². The summed E-state index contributed by atoms with van der Waals surface area (Å²) < 4.78 is 15.6. The quantitative estimate of drug-likeness (QED) is 0.626. The fraction of sp³-hybridized carbons (Fsp3) is 0.188. The minimum Gasteiger partial charge on any atom is -0.493 e. The number of hydrogen-bond acceptors (Lipinski definition) is 4.